The Kier molecular flexibility index (Phi) is 7.36. The number of hydrogen-bond donors (Lipinski definition) is 2. The molecule has 0 aromatic carbocycles. The van der Waals surface area contributed by atoms with Crippen LogP contribution in [0.25, 0.3) is 22.4 Å². The fourth-order valence-electron chi connectivity index (χ4n) is 4.02. The summed E-state index contributed by atoms with van der Waals surface area (Å²) in [5.74, 6) is 1.63. The first-order valence-corrected chi connectivity index (χ1v) is 11.7. The molecule has 12 nitrogen and oxygen atoms in total. The van der Waals surface area contributed by atoms with Crippen molar-refractivity contribution in [1.29, 1.82) is 0 Å². The van der Waals surface area contributed by atoms with Crippen molar-refractivity contribution < 1.29 is 9.53 Å². The summed E-state index contributed by atoms with van der Waals surface area (Å²) < 4.78 is 7.61. The molecule has 182 valence electrons. The number of rotatable bonds is 9. The molecule has 12 heteroatoms. The van der Waals surface area contributed by atoms with Crippen LogP contribution in [-0.2, 0) is 16.1 Å². The van der Waals surface area contributed by atoms with Gasteiger partial charge in [-0.2, -0.15) is 4.98 Å². The van der Waals surface area contributed by atoms with Crippen LogP contribution in [0.3, 0.4) is 0 Å². The molecular weight excluding hydrogens is 436 g/mol. The molecule has 1 amide bonds. The van der Waals surface area contributed by atoms with E-state index in [-0.39, 0.29) is 11.9 Å². The zero-order valence-electron chi connectivity index (χ0n) is 20.0. The van der Waals surface area contributed by atoms with Gasteiger partial charge in [0.05, 0.1) is 13.2 Å². The van der Waals surface area contributed by atoms with Gasteiger partial charge >= 0.3 is 0 Å². The molecule has 3 aromatic rings. The Morgan fingerprint density at radius 1 is 1.15 bits per heavy atom. The molecule has 1 aliphatic heterocycles. The molecule has 0 bridgehead atoms. The normalized spacial score (nSPS) is 13.9. The average Bonchev–Trinajstić information content (AvgIpc) is 3.23. The number of anilines is 3. The minimum absolute atomic E-state index is 0.0113. The van der Waals surface area contributed by atoms with Crippen molar-refractivity contribution in [2.75, 3.05) is 62.0 Å². The van der Waals surface area contributed by atoms with E-state index in [4.69, 9.17) is 25.4 Å². The van der Waals surface area contributed by atoms with Crippen LogP contribution >= 0.6 is 0 Å². The summed E-state index contributed by atoms with van der Waals surface area (Å²) >= 11 is 0. The number of aromatic nitrogens is 6. The van der Waals surface area contributed by atoms with Crippen molar-refractivity contribution >= 4 is 34.9 Å². The number of morpholine rings is 1. The molecule has 1 saturated heterocycles. The number of nitrogen functional groups attached to an aromatic ring is 1. The Morgan fingerprint density at radius 3 is 2.50 bits per heavy atom. The van der Waals surface area contributed by atoms with Gasteiger partial charge in [0, 0.05) is 64.1 Å². The van der Waals surface area contributed by atoms with Crippen LogP contribution in [0, 0.1) is 0 Å². The minimum atomic E-state index is 0.0113. The highest BCUT2D eigenvalue weighted by molar-refractivity contribution is 5.90. The van der Waals surface area contributed by atoms with E-state index in [1.807, 2.05) is 0 Å². The predicted molar refractivity (Wildman–Crippen MR) is 131 cm³/mol. The summed E-state index contributed by atoms with van der Waals surface area (Å²) in [6.45, 7) is 9.03. The van der Waals surface area contributed by atoms with E-state index in [9.17, 15) is 4.79 Å². The molecule has 1 aliphatic rings. The van der Waals surface area contributed by atoms with Crippen LogP contribution in [0.15, 0.2) is 12.4 Å². The number of nitrogens with one attached hydrogen (secondary N) is 1. The van der Waals surface area contributed by atoms with E-state index in [2.05, 4.69) is 43.5 Å². The number of imidazole rings is 1. The second kappa shape index (κ2) is 10.6. The third kappa shape index (κ3) is 4.86. The van der Waals surface area contributed by atoms with Gasteiger partial charge in [-0.3, -0.25) is 9.36 Å². The van der Waals surface area contributed by atoms with Crippen LogP contribution in [0.5, 0.6) is 0 Å². The Bertz CT molecular complexity index is 1120. The molecule has 0 saturated carbocycles. The summed E-state index contributed by atoms with van der Waals surface area (Å²) in [7, 11) is 1.65. The minimum Gasteiger partial charge on any atom is -0.378 e. The van der Waals surface area contributed by atoms with Crippen LogP contribution in [-0.4, -0.2) is 81.8 Å². The van der Waals surface area contributed by atoms with Crippen molar-refractivity contribution in [3.05, 3.63) is 12.4 Å². The maximum Gasteiger partial charge on any atom is 0.228 e. The topological polar surface area (TPSA) is 140 Å². The second-order valence-electron chi connectivity index (χ2n) is 7.99. The van der Waals surface area contributed by atoms with Gasteiger partial charge in [-0.25, -0.2) is 19.9 Å². The summed E-state index contributed by atoms with van der Waals surface area (Å²) in [6, 6.07) is 0. The van der Waals surface area contributed by atoms with Gasteiger partial charge in [0.1, 0.15) is 11.2 Å². The Labute approximate surface area is 198 Å². The molecule has 34 heavy (non-hydrogen) atoms. The summed E-state index contributed by atoms with van der Waals surface area (Å²) in [4.78, 5) is 39.3. The number of ether oxygens (including phenoxy) is 1. The van der Waals surface area contributed by atoms with Gasteiger partial charge < -0.3 is 25.6 Å². The van der Waals surface area contributed by atoms with Gasteiger partial charge in [0.2, 0.25) is 23.8 Å². The SMILES string of the molecule is CCN(CC)c1nc2c(-c3cnc(N)nc3)nc(N3CCOCC3)nc2n1CCCC(=O)NC. The maximum atomic E-state index is 11.8. The average molecular weight is 469 g/mol. The predicted octanol–water partition coefficient (Wildman–Crippen LogP) is 1.07. The Balaban J connectivity index is 1.88. The Morgan fingerprint density at radius 2 is 1.85 bits per heavy atom. The lowest BCUT2D eigenvalue weighted by Gasteiger charge is -2.27. The second-order valence-corrected chi connectivity index (χ2v) is 7.99. The number of carbonyl (C=O) groups excluding carboxylic acids is 1. The van der Waals surface area contributed by atoms with E-state index >= 15 is 0 Å². The standard InChI is InChI=1S/C22H32N10O2/c1-4-30(5-2)22-28-18-17(15-13-25-20(23)26-14-15)27-21(31-9-11-34-12-10-31)29-19(18)32(22)8-6-7-16(33)24-3/h13-14H,4-12H2,1-3H3,(H,24,33)(H2,23,25,26). The molecule has 0 spiro atoms. The van der Waals surface area contributed by atoms with E-state index in [0.29, 0.717) is 62.8 Å². The lowest BCUT2D eigenvalue weighted by Crippen LogP contribution is -2.37. The first-order valence-electron chi connectivity index (χ1n) is 11.7. The molecule has 0 radical (unpaired) electrons. The van der Waals surface area contributed by atoms with E-state index in [0.717, 1.165) is 30.2 Å². The molecule has 3 N–H and O–H groups in total. The summed E-state index contributed by atoms with van der Waals surface area (Å²) in [5.41, 5.74) is 8.50. The van der Waals surface area contributed by atoms with Crippen LogP contribution in [0.1, 0.15) is 26.7 Å². The largest absolute Gasteiger partial charge is 0.378 e. The number of nitrogens with two attached hydrogens (primary N) is 1. The van der Waals surface area contributed by atoms with Crippen molar-refractivity contribution in [2.24, 2.45) is 0 Å². The van der Waals surface area contributed by atoms with Crippen LogP contribution in [0.4, 0.5) is 17.8 Å². The molecule has 4 rings (SSSR count). The first kappa shape index (κ1) is 23.6. The molecule has 1 fully saturated rings. The summed E-state index contributed by atoms with van der Waals surface area (Å²) in [6.07, 6.45) is 4.41. The van der Waals surface area contributed by atoms with Crippen LogP contribution < -0.4 is 20.9 Å². The molecule has 0 unspecified atom stereocenters. The van der Waals surface area contributed by atoms with Gasteiger partial charge in [-0.15, -0.1) is 0 Å². The molecule has 3 aromatic heterocycles. The lowest BCUT2D eigenvalue weighted by atomic mass is 10.2. The van der Waals surface area contributed by atoms with Crippen molar-refractivity contribution in [2.45, 2.75) is 33.2 Å². The van der Waals surface area contributed by atoms with E-state index in [1.165, 1.54) is 0 Å². The number of aryl methyl sites for hydroxylation is 1. The highest BCUT2D eigenvalue weighted by atomic mass is 16.5. The highest BCUT2D eigenvalue weighted by Gasteiger charge is 2.24. The van der Waals surface area contributed by atoms with Crippen molar-refractivity contribution in [3.63, 3.8) is 0 Å². The Hall–Kier alpha value is -3.54. The van der Waals surface area contributed by atoms with Gasteiger partial charge in [0.25, 0.3) is 0 Å². The smallest absolute Gasteiger partial charge is 0.228 e. The van der Waals surface area contributed by atoms with E-state index < -0.39 is 0 Å². The third-order valence-electron chi connectivity index (χ3n) is 5.91. The summed E-state index contributed by atoms with van der Waals surface area (Å²) in [5, 5.41) is 2.69. The number of amides is 1. The number of nitrogens with zero attached hydrogens (tertiary/aromatic N) is 8. The van der Waals surface area contributed by atoms with Crippen molar-refractivity contribution in [1.82, 2.24) is 34.8 Å². The van der Waals surface area contributed by atoms with Crippen molar-refractivity contribution in [3.8, 4) is 11.3 Å². The lowest BCUT2D eigenvalue weighted by molar-refractivity contribution is -0.120. The zero-order valence-corrected chi connectivity index (χ0v) is 20.0. The van der Waals surface area contributed by atoms with Gasteiger partial charge in [0.15, 0.2) is 5.65 Å². The fourth-order valence-corrected chi connectivity index (χ4v) is 4.02. The molecule has 0 atom stereocenters. The first-order chi connectivity index (χ1) is 16.5. The monoisotopic (exact) mass is 468 g/mol. The zero-order chi connectivity index (χ0) is 24.1. The van der Waals surface area contributed by atoms with Gasteiger partial charge in [-0.1, -0.05) is 0 Å². The third-order valence-corrected chi connectivity index (χ3v) is 5.91. The molecule has 0 aliphatic carbocycles. The highest BCUT2D eigenvalue weighted by Crippen LogP contribution is 2.31. The maximum absolute atomic E-state index is 11.8. The number of fused-ring (bicyclic) bond motifs is 1. The quantitative estimate of drug-likeness (QED) is 0.468. The number of hydrogen-bond acceptors (Lipinski definition) is 10. The molecule has 4 heterocycles. The van der Waals surface area contributed by atoms with Crippen LogP contribution in [0.2, 0.25) is 0 Å². The van der Waals surface area contributed by atoms with Gasteiger partial charge in [-0.05, 0) is 20.3 Å². The molecular formula is C22H32N10O2. The fraction of sp³-hybridized carbons (Fsp3) is 0.545. The van der Waals surface area contributed by atoms with E-state index in [1.54, 1.807) is 19.4 Å². The number of carbonyl (C=O) groups is 1.